The predicted molar refractivity (Wildman–Crippen MR) is 120 cm³/mol. The minimum absolute atomic E-state index is 0.322. The number of halogens is 1. The van der Waals surface area contributed by atoms with Crippen LogP contribution in [0.3, 0.4) is 0 Å². The second-order valence-corrected chi connectivity index (χ2v) is 7.47. The van der Waals surface area contributed by atoms with Gasteiger partial charge in [-0.3, -0.25) is 4.90 Å². The van der Waals surface area contributed by atoms with E-state index in [1.54, 1.807) is 4.90 Å². The van der Waals surface area contributed by atoms with Crippen molar-refractivity contribution in [3.8, 4) is 17.3 Å². The lowest BCUT2D eigenvalue weighted by molar-refractivity contribution is 0.181. The Morgan fingerprint density at radius 3 is 2.67 bits per heavy atom. The van der Waals surface area contributed by atoms with E-state index in [1.807, 2.05) is 36.4 Å². The molecule has 1 aliphatic heterocycles. The lowest BCUT2D eigenvalue weighted by atomic mass is 10.1. The average Bonchev–Trinajstić information content (AvgIpc) is 3.34. The summed E-state index contributed by atoms with van der Waals surface area (Å²) in [5, 5.41) is 14.3. The molecule has 154 valence electrons. The van der Waals surface area contributed by atoms with Crippen molar-refractivity contribution in [2.45, 2.75) is 19.9 Å². The lowest BCUT2D eigenvalue weighted by Gasteiger charge is -2.14. The number of amides is 1. The topological polar surface area (TPSA) is 70.3 Å². The number of nitrogens with one attached hydrogen (secondary N) is 1. The highest BCUT2D eigenvalue weighted by molar-refractivity contribution is 6.17. The SMILES string of the molecule is CCn1c(-c2ccc(N3CCOC3=O)cc2)c(C#N)c2ccc(NCCCCl)cc21. The van der Waals surface area contributed by atoms with Gasteiger partial charge in [-0.1, -0.05) is 12.1 Å². The maximum absolute atomic E-state index is 11.8. The van der Waals surface area contributed by atoms with Gasteiger partial charge < -0.3 is 14.6 Å². The number of rotatable bonds is 7. The van der Waals surface area contributed by atoms with Gasteiger partial charge in [0.05, 0.1) is 23.3 Å². The maximum atomic E-state index is 11.8. The summed E-state index contributed by atoms with van der Waals surface area (Å²) < 4.78 is 7.19. The van der Waals surface area contributed by atoms with Crippen LogP contribution in [0.2, 0.25) is 0 Å². The Morgan fingerprint density at radius 2 is 2.03 bits per heavy atom. The number of cyclic esters (lactones) is 1. The van der Waals surface area contributed by atoms with Crippen molar-refractivity contribution in [3.05, 3.63) is 48.0 Å². The summed E-state index contributed by atoms with van der Waals surface area (Å²) in [6.45, 7) is 4.58. The molecule has 1 fully saturated rings. The van der Waals surface area contributed by atoms with Crippen LogP contribution in [0.15, 0.2) is 42.5 Å². The molecule has 0 spiro atoms. The van der Waals surface area contributed by atoms with Crippen LogP contribution in [0.25, 0.3) is 22.2 Å². The van der Waals surface area contributed by atoms with E-state index in [1.165, 1.54) is 0 Å². The first-order valence-corrected chi connectivity index (χ1v) is 10.6. The van der Waals surface area contributed by atoms with Gasteiger partial charge in [0.15, 0.2) is 0 Å². The Kier molecular flexibility index (Phi) is 5.82. The average molecular weight is 423 g/mol. The number of carbonyl (C=O) groups is 1. The van der Waals surface area contributed by atoms with Crippen LogP contribution in [0.1, 0.15) is 18.9 Å². The number of alkyl halides is 1. The number of aryl methyl sites for hydroxylation is 1. The van der Waals surface area contributed by atoms with Crippen molar-refractivity contribution in [3.63, 3.8) is 0 Å². The molecule has 4 rings (SSSR count). The van der Waals surface area contributed by atoms with E-state index in [2.05, 4.69) is 28.9 Å². The number of nitrogens with zero attached hydrogens (tertiary/aromatic N) is 3. The summed E-state index contributed by atoms with van der Waals surface area (Å²) >= 11 is 5.77. The third-order valence-corrected chi connectivity index (χ3v) is 5.61. The molecular weight excluding hydrogens is 400 g/mol. The number of anilines is 2. The fraction of sp³-hybridized carbons (Fsp3) is 0.304. The van der Waals surface area contributed by atoms with E-state index in [-0.39, 0.29) is 6.09 Å². The van der Waals surface area contributed by atoms with Crippen LogP contribution < -0.4 is 10.2 Å². The number of hydrogen-bond acceptors (Lipinski definition) is 4. The Labute approximate surface area is 180 Å². The number of aromatic nitrogens is 1. The smallest absolute Gasteiger partial charge is 0.414 e. The normalized spacial score (nSPS) is 13.5. The van der Waals surface area contributed by atoms with Gasteiger partial charge in [0, 0.05) is 35.7 Å². The summed E-state index contributed by atoms with van der Waals surface area (Å²) in [6.07, 6.45) is 0.567. The molecule has 1 amide bonds. The number of carbonyl (C=O) groups excluding carboxylic acids is 1. The Bertz CT molecular complexity index is 1110. The Hall–Kier alpha value is -3.17. The third kappa shape index (κ3) is 3.57. The summed E-state index contributed by atoms with van der Waals surface area (Å²) in [5.41, 5.74) is 5.32. The molecule has 3 aromatic rings. The van der Waals surface area contributed by atoms with E-state index in [4.69, 9.17) is 16.3 Å². The molecule has 0 unspecified atom stereocenters. The largest absolute Gasteiger partial charge is 0.447 e. The summed E-state index contributed by atoms with van der Waals surface area (Å²) in [4.78, 5) is 13.4. The second kappa shape index (κ2) is 8.68. The summed E-state index contributed by atoms with van der Waals surface area (Å²) in [5.74, 6) is 0.619. The number of fused-ring (bicyclic) bond motifs is 1. The van der Waals surface area contributed by atoms with Crippen LogP contribution >= 0.6 is 11.6 Å². The summed E-state index contributed by atoms with van der Waals surface area (Å²) in [7, 11) is 0. The lowest BCUT2D eigenvalue weighted by Crippen LogP contribution is -2.23. The zero-order valence-electron chi connectivity index (χ0n) is 16.8. The van der Waals surface area contributed by atoms with E-state index >= 15 is 0 Å². The first kappa shape index (κ1) is 20.1. The molecule has 7 heteroatoms. The van der Waals surface area contributed by atoms with E-state index in [9.17, 15) is 10.1 Å². The van der Waals surface area contributed by atoms with Gasteiger partial charge in [0.2, 0.25) is 0 Å². The number of ether oxygens (including phenoxy) is 1. The van der Waals surface area contributed by atoms with Crippen LogP contribution in [0.5, 0.6) is 0 Å². The van der Waals surface area contributed by atoms with Crippen LogP contribution in [-0.2, 0) is 11.3 Å². The minimum Gasteiger partial charge on any atom is -0.447 e. The van der Waals surface area contributed by atoms with Crippen LogP contribution in [-0.4, -0.2) is 36.2 Å². The molecule has 0 saturated carbocycles. The molecule has 0 radical (unpaired) electrons. The number of nitriles is 1. The fourth-order valence-electron chi connectivity index (χ4n) is 3.93. The molecule has 1 saturated heterocycles. The highest BCUT2D eigenvalue weighted by atomic mass is 35.5. The first-order chi connectivity index (χ1) is 14.7. The first-order valence-electron chi connectivity index (χ1n) is 10.1. The Morgan fingerprint density at radius 1 is 1.23 bits per heavy atom. The van der Waals surface area contributed by atoms with Crippen molar-refractivity contribution >= 4 is 40.0 Å². The monoisotopic (exact) mass is 422 g/mol. The van der Waals surface area contributed by atoms with E-state index in [0.29, 0.717) is 24.6 Å². The quantitative estimate of drug-likeness (QED) is 0.419. The van der Waals surface area contributed by atoms with Crippen molar-refractivity contribution in [1.29, 1.82) is 5.26 Å². The highest BCUT2D eigenvalue weighted by Crippen LogP contribution is 2.35. The van der Waals surface area contributed by atoms with E-state index in [0.717, 1.165) is 53.0 Å². The molecular formula is C23H23ClN4O2. The fourth-order valence-corrected chi connectivity index (χ4v) is 4.06. The molecule has 1 aromatic heterocycles. The molecule has 2 heterocycles. The minimum atomic E-state index is -0.322. The molecule has 0 bridgehead atoms. The molecule has 0 atom stereocenters. The number of hydrogen-bond donors (Lipinski definition) is 1. The van der Waals surface area contributed by atoms with Gasteiger partial charge in [-0.15, -0.1) is 11.6 Å². The zero-order chi connectivity index (χ0) is 21.1. The molecule has 30 heavy (non-hydrogen) atoms. The zero-order valence-corrected chi connectivity index (χ0v) is 17.6. The van der Waals surface area contributed by atoms with E-state index < -0.39 is 0 Å². The van der Waals surface area contributed by atoms with Gasteiger partial charge >= 0.3 is 6.09 Å². The Balaban J connectivity index is 1.76. The summed E-state index contributed by atoms with van der Waals surface area (Å²) in [6, 6.07) is 16.2. The van der Waals surface area contributed by atoms with Crippen molar-refractivity contribution in [1.82, 2.24) is 4.57 Å². The van der Waals surface area contributed by atoms with Crippen LogP contribution in [0, 0.1) is 11.3 Å². The second-order valence-electron chi connectivity index (χ2n) is 7.09. The van der Waals surface area contributed by atoms with Crippen molar-refractivity contribution < 1.29 is 9.53 Å². The van der Waals surface area contributed by atoms with Crippen LogP contribution in [0.4, 0.5) is 16.2 Å². The van der Waals surface area contributed by atoms with Gasteiger partial charge in [-0.2, -0.15) is 5.26 Å². The van der Waals surface area contributed by atoms with Gasteiger partial charge in [0.1, 0.15) is 12.7 Å². The number of benzene rings is 2. The van der Waals surface area contributed by atoms with Crippen molar-refractivity contribution in [2.75, 3.05) is 35.8 Å². The predicted octanol–water partition coefficient (Wildman–Crippen LogP) is 5.20. The molecule has 2 aromatic carbocycles. The van der Waals surface area contributed by atoms with Crippen molar-refractivity contribution in [2.24, 2.45) is 0 Å². The van der Waals surface area contributed by atoms with Gasteiger partial charge in [-0.05, 0) is 49.2 Å². The molecule has 0 aliphatic carbocycles. The highest BCUT2D eigenvalue weighted by Gasteiger charge is 2.24. The molecule has 1 aliphatic rings. The van der Waals surface area contributed by atoms with Gasteiger partial charge in [-0.25, -0.2) is 4.79 Å². The molecule has 1 N–H and O–H groups in total. The standard InChI is InChI=1S/C23H23ClN4O2/c1-2-27-21-14-17(26-11-3-10-24)6-9-19(21)20(15-25)22(27)16-4-7-18(8-5-16)28-12-13-30-23(28)29/h4-9,14,26H,2-3,10-13H2,1H3. The maximum Gasteiger partial charge on any atom is 0.414 e. The molecule has 6 nitrogen and oxygen atoms in total. The van der Waals surface area contributed by atoms with Gasteiger partial charge in [0.25, 0.3) is 0 Å². The third-order valence-electron chi connectivity index (χ3n) is 5.35.